The molecule has 0 aliphatic carbocycles. The fourth-order valence-electron chi connectivity index (χ4n) is 3.14. The van der Waals surface area contributed by atoms with Crippen LogP contribution in [-0.4, -0.2) is 110 Å². The summed E-state index contributed by atoms with van der Waals surface area (Å²) < 4.78 is 15.5. The summed E-state index contributed by atoms with van der Waals surface area (Å²) in [4.78, 5) is 40.3. The van der Waals surface area contributed by atoms with Crippen LogP contribution in [-0.2, 0) is 19.0 Å². The van der Waals surface area contributed by atoms with Gasteiger partial charge in [-0.3, -0.25) is 9.69 Å². The molecule has 2 amide bonds. The van der Waals surface area contributed by atoms with Gasteiger partial charge in [-0.05, 0) is 48.5 Å². The maximum Gasteiger partial charge on any atom is 0.410 e. The summed E-state index contributed by atoms with van der Waals surface area (Å²) in [5.74, 6) is -0.165. The van der Waals surface area contributed by atoms with Gasteiger partial charge in [0.25, 0.3) is 0 Å². The lowest BCUT2D eigenvalue weighted by atomic mass is 10.2. The molecule has 2 saturated heterocycles. The molecule has 2 fully saturated rings. The van der Waals surface area contributed by atoms with E-state index in [0.29, 0.717) is 32.7 Å². The lowest BCUT2D eigenvalue weighted by Gasteiger charge is -2.35. The Balaban J connectivity index is 0.000000361. The Bertz CT molecular complexity index is 615. The number of amides is 2. The highest BCUT2D eigenvalue weighted by Gasteiger charge is 2.26. The number of hydrogen-bond acceptors (Lipinski definition) is 8. The van der Waals surface area contributed by atoms with Crippen LogP contribution in [0, 0.1) is 0 Å². The van der Waals surface area contributed by atoms with E-state index in [4.69, 9.17) is 14.2 Å². The van der Waals surface area contributed by atoms with E-state index in [9.17, 15) is 14.4 Å². The third-order valence-corrected chi connectivity index (χ3v) is 4.73. The highest BCUT2D eigenvalue weighted by atomic mass is 16.6. The van der Waals surface area contributed by atoms with Crippen molar-refractivity contribution in [2.24, 2.45) is 0 Å². The van der Waals surface area contributed by atoms with E-state index >= 15 is 0 Å². The number of carbonyl (C=O) groups is 3. The Hall–Kier alpha value is -2.07. The van der Waals surface area contributed by atoms with Gasteiger partial charge in [-0.1, -0.05) is 0 Å². The van der Waals surface area contributed by atoms with Crippen LogP contribution in [0.2, 0.25) is 0 Å². The minimum absolute atomic E-state index is 0.165. The highest BCUT2D eigenvalue weighted by Crippen LogP contribution is 2.12. The van der Waals surface area contributed by atoms with Crippen molar-refractivity contribution in [2.45, 2.75) is 66.1 Å². The maximum atomic E-state index is 11.9. The summed E-state index contributed by atoms with van der Waals surface area (Å²) in [5, 5.41) is 3.18. The molecule has 2 rings (SSSR count). The molecule has 0 saturated carbocycles. The largest absolute Gasteiger partial charge is 0.466 e. The van der Waals surface area contributed by atoms with E-state index in [1.807, 2.05) is 41.5 Å². The van der Waals surface area contributed by atoms with Gasteiger partial charge >= 0.3 is 18.2 Å². The summed E-state index contributed by atoms with van der Waals surface area (Å²) >= 11 is 0. The summed E-state index contributed by atoms with van der Waals surface area (Å²) in [7, 11) is 0. The van der Waals surface area contributed by atoms with Crippen molar-refractivity contribution in [2.75, 3.05) is 65.5 Å². The van der Waals surface area contributed by atoms with Crippen LogP contribution in [0.15, 0.2) is 0 Å². The van der Waals surface area contributed by atoms with E-state index in [0.717, 1.165) is 39.3 Å². The first-order valence-electron chi connectivity index (χ1n) is 11.9. The summed E-state index contributed by atoms with van der Waals surface area (Å²) in [6.07, 6.45) is -0.0585. The average molecular weight is 473 g/mol. The van der Waals surface area contributed by atoms with Gasteiger partial charge in [-0.15, -0.1) is 0 Å². The third-order valence-electron chi connectivity index (χ3n) is 4.73. The monoisotopic (exact) mass is 472 g/mol. The second-order valence-electron chi connectivity index (χ2n) is 10.1. The highest BCUT2D eigenvalue weighted by molar-refractivity contribution is 5.69. The molecule has 10 heteroatoms. The molecular formula is C23H44N4O6. The van der Waals surface area contributed by atoms with Crippen molar-refractivity contribution in [1.82, 2.24) is 20.0 Å². The topological polar surface area (TPSA) is 101 Å². The molecule has 2 aliphatic heterocycles. The molecule has 192 valence electrons. The normalized spacial score (nSPS) is 17.5. The predicted molar refractivity (Wildman–Crippen MR) is 126 cm³/mol. The third kappa shape index (κ3) is 13.3. The SMILES string of the molecule is CC(C)(C)OC(=O)N1CCNCC1.CCOC(=O)CCN1CCN(C(=O)OC(C)(C)C)CC1. The van der Waals surface area contributed by atoms with Crippen LogP contribution in [0.5, 0.6) is 0 Å². The molecule has 1 N–H and O–H groups in total. The van der Waals surface area contributed by atoms with E-state index in [-0.39, 0.29) is 23.8 Å². The fourth-order valence-corrected chi connectivity index (χ4v) is 3.14. The lowest BCUT2D eigenvalue weighted by Crippen LogP contribution is -2.50. The molecule has 2 heterocycles. The van der Waals surface area contributed by atoms with Gasteiger partial charge in [0.05, 0.1) is 13.0 Å². The number of nitrogens with zero attached hydrogens (tertiary/aromatic N) is 3. The number of rotatable bonds is 4. The van der Waals surface area contributed by atoms with Crippen LogP contribution < -0.4 is 5.32 Å². The smallest absolute Gasteiger partial charge is 0.410 e. The maximum absolute atomic E-state index is 11.9. The molecule has 0 atom stereocenters. The Morgan fingerprint density at radius 3 is 1.64 bits per heavy atom. The van der Waals surface area contributed by atoms with Crippen molar-refractivity contribution in [3.8, 4) is 0 Å². The van der Waals surface area contributed by atoms with E-state index < -0.39 is 5.60 Å². The van der Waals surface area contributed by atoms with Crippen LogP contribution in [0.3, 0.4) is 0 Å². The van der Waals surface area contributed by atoms with Crippen molar-refractivity contribution < 1.29 is 28.6 Å². The molecule has 0 unspecified atom stereocenters. The molecular weight excluding hydrogens is 428 g/mol. The first kappa shape index (κ1) is 29.0. The Morgan fingerprint density at radius 2 is 1.21 bits per heavy atom. The number of ether oxygens (including phenoxy) is 3. The number of nitrogens with one attached hydrogen (secondary N) is 1. The first-order valence-corrected chi connectivity index (χ1v) is 11.9. The lowest BCUT2D eigenvalue weighted by molar-refractivity contribution is -0.143. The zero-order valence-electron chi connectivity index (χ0n) is 21.6. The Morgan fingerprint density at radius 1 is 0.758 bits per heavy atom. The van der Waals surface area contributed by atoms with E-state index in [1.54, 1.807) is 16.7 Å². The van der Waals surface area contributed by atoms with Gasteiger partial charge < -0.3 is 29.3 Å². The predicted octanol–water partition coefficient (Wildman–Crippen LogP) is 2.32. The standard InChI is InChI=1S/C14H26N2O4.C9H18N2O2/c1-5-19-12(17)6-7-15-8-10-16(11-9-15)13(18)20-14(2,3)4;1-9(2,3)13-8(12)11-6-4-10-5-7-11/h5-11H2,1-4H3;10H,4-7H2,1-3H3. The molecule has 33 heavy (non-hydrogen) atoms. The zero-order valence-corrected chi connectivity index (χ0v) is 21.6. The molecule has 0 radical (unpaired) electrons. The summed E-state index contributed by atoms with van der Waals surface area (Å²) in [6.45, 7) is 20.1. The molecule has 0 spiro atoms. The van der Waals surface area contributed by atoms with Crippen molar-refractivity contribution in [1.29, 1.82) is 0 Å². The van der Waals surface area contributed by atoms with Crippen LogP contribution in [0.1, 0.15) is 54.9 Å². The van der Waals surface area contributed by atoms with Gasteiger partial charge in [0.2, 0.25) is 0 Å². The molecule has 0 aromatic rings. The Labute approximate surface area is 198 Å². The summed E-state index contributed by atoms with van der Waals surface area (Å²) in [5.41, 5.74) is -0.847. The van der Waals surface area contributed by atoms with Crippen molar-refractivity contribution in [3.63, 3.8) is 0 Å². The molecule has 2 aliphatic rings. The molecule has 10 nitrogen and oxygen atoms in total. The second kappa shape index (κ2) is 13.6. The fraction of sp³-hybridized carbons (Fsp3) is 0.870. The Kier molecular flexibility index (Phi) is 11.9. The zero-order chi connectivity index (χ0) is 25.1. The van der Waals surface area contributed by atoms with Crippen LogP contribution in [0.4, 0.5) is 9.59 Å². The number of esters is 1. The minimum Gasteiger partial charge on any atom is -0.466 e. The van der Waals surface area contributed by atoms with E-state index in [1.165, 1.54) is 0 Å². The average Bonchev–Trinajstić information content (AvgIpc) is 2.71. The van der Waals surface area contributed by atoms with Gasteiger partial charge in [-0.2, -0.15) is 0 Å². The quantitative estimate of drug-likeness (QED) is 0.491. The summed E-state index contributed by atoms with van der Waals surface area (Å²) in [6, 6.07) is 0. The van der Waals surface area contributed by atoms with Gasteiger partial charge in [0.15, 0.2) is 0 Å². The minimum atomic E-state index is -0.460. The van der Waals surface area contributed by atoms with Crippen molar-refractivity contribution in [3.05, 3.63) is 0 Å². The molecule has 0 bridgehead atoms. The van der Waals surface area contributed by atoms with Crippen LogP contribution in [0.25, 0.3) is 0 Å². The van der Waals surface area contributed by atoms with Gasteiger partial charge in [0.1, 0.15) is 11.2 Å². The first-order chi connectivity index (χ1) is 15.3. The van der Waals surface area contributed by atoms with Gasteiger partial charge in [-0.25, -0.2) is 9.59 Å². The van der Waals surface area contributed by atoms with Gasteiger partial charge in [0, 0.05) is 58.9 Å². The molecule has 0 aromatic heterocycles. The van der Waals surface area contributed by atoms with Crippen LogP contribution >= 0.6 is 0 Å². The molecule has 0 aromatic carbocycles. The second-order valence-corrected chi connectivity index (χ2v) is 10.1. The van der Waals surface area contributed by atoms with E-state index in [2.05, 4.69) is 10.2 Å². The number of piperazine rings is 2. The number of hydrogen-bond donors (Lipinski definition) is 1. The number of carbonyl (C=O) groups excluding carboxylic acids is 3. The van der Waals surface area contributed by atoms with Crippen molar-refractivity contribution >= 4 is 18.2 Å².